The molecule has 0 saturated carbocycles. The van der Waals surface area contributed by atoms with Crippen LogP contribution in [0.15, 0.2) is 53.1 Å². The Bertz CT molecular complexity index is 1140. The van der Waals surface area contributed by atoms with E-state index in [4.69, 9.17) is 9.26 Å². The molecule has 1 atom stereocenters. The average molecular weight is 448 g/mol. The van der Waals surface area contributed by atoms with Gasteiger partial charge in [-0.05, 0) is 42.2 Å². The lowest BCUT2D eigenvalue weighted by Gasteiger charge is -2.24. The number of aryl methyl sites for hydroxylation is 2. The van der Waals surface area contributed by atoms with E-state index in [9.17, 15) is 9.59 Å². The van der Waals surface area contributed by atoms with Crippen molar-refractivity contribution >= 4 is 11.8 Å². The quantitative estimate of drug-likeness (QED) is 0.624. The molecular weight excluding hydrogens is 418 g/mol. The van der Waals surface area contributed by atoms with Gasteiger partial charge in [0.25, 0.3) is 5.91 Å². The van der Waals surface area contributed by atoms with Gasteiger partial charge in [-0.25, -0.2) is 0 Å². The van der Waals surface area contributed by atoms with Crippen molar-refractivity contribution in [2.75, 3.05) is 26.7 Å². The molecule has 4 rings (SSSR count). The van der Waals surface area contributed by atoms with Crippen molar-refractivity contribution in [3.8, 4) is 16.9 Å². The second-order valence-electron chi connectivity index (χ2n) is 8.25. The van der Waals surface area contributed by atoms with Crippen molar-refractivity contribution in [1.29, 1.82) is 0 Å². The number of benzene rings is 2. The Hall–Kier alpha value is -3.61. The minimum absolute atomic E-state index is 0.0346. The van der Waals surface area contributed by atoms with Crippen LogP contribution in [0.25, 0.3) is 11.1 Å². The average Bonchev–Trinajstić information content (AvgIpc) is 3.12. The van der Waals surface area contributed by atoms with Gasteiger partial charge < -0.3 is 19.5 Å². The SMILES string of the molecule is CCc1onc(C)c1C(=O)N1CCNC(=O)C(Cc2ccccc2-c2ccc(OC)cc2)C1. The molecule has 1 saturated heterocycles. The predicted octanol–water partition coefficient (Wildman–Crippen LogP) is 3.65. The highest BCUT2D eigenvalue weighted by molar-refractivity contribution is 5.96. The molecule has 172 valence electrons. The van der Waals surface area contributed by atoms with Gasteiger partial charge in [-0.2, -0.15) is 0 Å². The van der Waals surface area contributed by atoms with Crippen molar-refractivity contribution < 1.29 is 18.8 Å². The van der Waals surface area contributed by atoms with E-state index in [1.165, 1.54) is 0 Å². The number of carbonyl (C=O) groups excluding carboxylic acids is 2. The first kappa shape index (κ1) is 22.6. The number of hydrogen-bond donors (Lipinski definition) is 1. The Morgan fingerprint density at radius 2 is 1.97 bits per heavy atom. The number of hydrogen-bond acceptors (Lipinski definition) is 5. The zero-order valence-electron chi connectivity index (χ0n) is 19.3. The van der Waals surface area contributed by atoms with Crippen LogP contribution >= 0.6 is 0 Å². The van der Waals surface area contributed by atoms with E-state index < -0.39 is 0 Å². The molecule has 2 heterocycles. The lowest BCUT2D eigenvalue weighted by Crippen LogP contribution is -2.37. The van der Waals surface area contributed by atoms with Crippen molar-refractivity contribution in [3.05, 3.63) is 71.1 Å². The van der Waals surface area contributed by atoms with E-state index in [2.05, 4.69) is 16.5 Å². The van der Waals surface area contributed by atoms with Gasteiger partial charge in [-0.3, -0.25) is 9.59 Å². The number of rotatable bonds is 6. The fourth-order valence-electron chi connectivity index (χ4n) is 4.35. The summed E-state index contributed by atoms with van der Waals surface area (Å²) in [5.41, 5.74) is 4.29. The van der Waals surface area contributed by atoms with Crippen LogP contribution in [0.5, 0.6) is 5.75 Å². The Balaban J connectivity index is 1.59. The molecule has 1 aliphatic heterocycles. The fourth-order valence-corrected chi connectivity index (χ4v) is 4.35. The van der Waals surface area contributed by atoms with Crippen LogP contribution in [0, 0.1) is 12.8 Å². The second-order valence-corrected chi connectivity index (χ2v) is 8.25. The van der Waals surface area contributed by atoms with Crippen LogP contribution in [0.2, 0.25) is 0 Å². The van der Waals surface area contributed by atoms with E-state index >= 15 is 0 Å². The third-order valence-corrected chi connectivity index (χ3v) is 6.13. The molecule has 1 fully saturated rings. The largest absolute Gasteiger partial charge is 0.497 e. The molecule has 7 nitrogen and oxygen atoms in total. The summed E-state index contributed by atoms with van der Waals surface area (Å²) >= 11 is 0. The summed E-state index contributed by atoms with van der Waals surface area (Å²) < 4.78 is 10.6. The highest BCUT2D eigenvalue weighted by atomic mass is 16.5. The lowest BCUT2D eigenvalue weighted by molar-refractivity contribution is -0.124. The molecule has 1 N–H and O–H groups in total. The van der Waals surface area contributed by atoms with E-state index in [1.54, 1.807) is 18.9 Å². The van der Waals surface area contributed by atoms with Crippen molar-refractivity contribution in [1.82, 2.24) is 15.4 Å². The van der Waals surface area contributed by atoms with Gasteiger partial charge >= 0.3 is 0 Å². The minimum Gasteiger partial charge on any atom is -0.497 e. The fraction of sp³-hybridized carbons (Fsp3) is 0.346. The van der Waals surface area contributed by atoms with Crippen LogP contribution in [0.4, 0.5) is 0 Å². The smallest absolute Gasteiger partial charge is 0.259 e. The molecule has 0 aliphatic carbocycles. The van der Waals surface area contributed by atoms with Crippen molar-refractivity contribution in [2.24, 2.45) is 5.92 Å². The van der Waals surface area contributed by atoms with Gasteiger partial charge in [-0.1, -0.05) is 48.5 Å². The first-order valence-corrected chi connectivity index (χ1v) is 11.3. The monoisotopic (exact) mass is 447 g/mol. The van der Waals surface area contributed by atoms with Crippen LogP contribution < -0.4 is 10.1 Å². The second kappa shape index (κ2) is 9.90. The van der Waals surface area contributed by atoms with Crippen LogP contribution in [0.1, 0.15) is 34.3 Å². The van der Waals surface area contributed by atoms with Crippen molar-refractivity contribution in [2.45, 2.75) is 26.7 Å². The molecule has 2 amide bonds. The Kier molecular flexibility index (Phi) is 6.77. The summed E-state index contributed by atoms with van der Waals surface area (Å²) in [6.45, 7) is 4.93. The standard InChI is InChI=1S/C26H29N3O4/c1-4-23-24(17(2)28-33-23)26(31)29-14-13-27-25(30)20(16-29)15-19-7-5-6-8-22(19)18-9-11-21(32-3)12-10-18/h5-12,20H,4,13-16H2,1-3H3,(H,27,30). The van der Waals surface area contributed by atoms with Crippen LogP contribution in [-0.2, 0) is 17.6 Å². The molecule has 1 aromatic heterocycles. The number of nitrogens with one attached hydrogen (secondary N) is 1. The molecule has 0 radical (unpaired) electrons. The maximum atomic E-state index is 13.3. The normalized spacial score (nSPS) is 16.3. The first-order chi connectivity index (χ1) is 16.0. The van der Waals surface area contributed by atoms with E-state index in [-0.39, 0.29) is 17.7 Å². The van der Waals surface area contributed by atoms with Gasteiger partial charge in [0, 0.05) is 26.1 Å². The minimum atomic E-state index is -0.360. The molecule has 33 heavy (non-hydrogen) atoms. The van der Waals surface area contributed by atoms with Gasteiger partial charge in [-0.15, -0.1) is 0 Å². The molecule has 3 aromatic rings. The number of nitrogens with zero attached hydrogens (tertiary/aromatic N) is 2. The number of methoxy groups -OCH3 is 1. The summed E-state index contributed by atoms with van der Waals surface area (Å²) in [5.74, 6) is 0.857. The molecular formula is C26H29N3O4. The summed E-state index contributed by atoms with van der Waals surface area (Å²) in [6.07, 6.45) is 1.12. The predicted molar refractivity (Wildman–Crippen MR) is 125 cm³/mol. The number of carbonyl (C=O) groups is 2. The maximum absolute atomic E-state index is 13.3. The van der Waals surface area contributed by atoms with Gasteiger partial charge in [0.15, 0.2) is 0 Å². The van der Waals surface area contributed by atoms with E-state index in [0.717, 1.165) is 22.4 Å². The Labute approximate surface area is 193 Å². The van der Waals surface area contributed by atoms with Gasteiger partial charge in [0.1, 0.15) is 17.1 Å². The molecule has 0 bridgehead atoms. The molecule has 1 unspecified atom stereocenters. The summed E-state index contributed by atoms with van der Waals surface area (Å²) in [4.78, 5) is 28.0. The maximum Gasteiger partial charge on any atom is 0.259 e. The van der Waals surface area contributed by atoms with Gasteiger partial charge in [0.05, 0.1) is 18.7 Å². The third-order valence-electron chi connectivity index (χ3n) is 6.13. The zero-order valence-corrected chi connectivity index (χ0v) is 19.3. The highest BCUT2D eigenvalue weighted by Gasteiger charge is 2.31. The summed E-state index contributed by atoms with van der Waals surface area (Å²) in [5, 5.41) is 6.95. The van der Waals surface area contributed by atoms with Crippen LogP contribution in [-0.4, -0.2) is 48.6 Å². The zero-order chi connectivity index (χ0) is 23.4. The first-order valence-electron chi connectivity index (χ1n) is 11.3. The van der Waals surface area contributed by atoms with E-state index in [1.807, 2.05) is 49.4 Å². The number of aromatic nitrogens is 1. The van der Waals surface area contributed by atoms with E-state index in [0.29, 0.717) is 49.5 Å². The van der Waals surface area contributed by atoms with Gasteiger partial charge in [0.2, 0.25) is 5.91 Å². The Morgan fingerprint density at radius 1 is 1.21 bits per heavy atom. The third kappa shape index (κ3) is 4.77. The molecule has 2 aromatic carbocycles. The Morgan fingerprint density at radius 3 is 2.70 bits per heavy atom. The summed E-state index contributed by atoms with van der Waals surface area (Å²) in [7, 11) is 1.64. The summed E-state index contributed by atoms with van der Waals surface area (Å²) in [6, 6.07) is 16.0. The molecule has 7 heteroatoms. The van der Waals surface area contributed by atoms with Crippen molar-refractivity contribution in [3.63, 3.8) is 0 Å². The topological polar surface area (TPSA) is 84.7 Å². The highest BCUT2D eigenvalue weighted by Crippen LogP contribution is 2.28. The number of ether oxygens (including phenoxy) is 1. The van der Waals surface area contributed by atoms with Crippen LogP contribution in [0.3, 0.4) is 0 Å². The molecule has 1 aliphatic rings. The molecule has 0 spiro atoms. The lowest BCUT2D eigenvalue weighted by atomic mass is 9.91. The number of amides is 2.